The third kappa shape index (κ3) is 6.60. The van der Waals surface area contributed by atoms with Crippen LogP contribution in [0, 0.1) is 23.7 Å². The second-order valence-electron chi connectivity index (χ2n) is 6.06. The lowest BCUT2D eigenvalue weighted by Gasteiger charge is -2.28. The van der Waals surface area contributed by atoms with E-state index in [0.717, 1.165) is 0 Å². The molecule has 0 amide bonds. The van der Waals surface area contributed by atoms with Gasteiger partial charge in [0, 0.05) is 5.92 Å². The van der Waals surface area contributed by atoms with Crippen molar-refractivity contribution in [1.82, 2.24) is 0 Å². The molecular weight excluding hydrogens is 244 g/mol. The molecule has 0 heterocycles. The number of hydrogen-bond donors (Lipinski definition) is 0. The van der Waals surface area contributed by atoms with Crippen molar-refractivity contribution in [2.45, 2.75) is 54.6 Å². The molecule has 0 aromatic carbocycles. The van der Waals surface area contributed by atoms with E-state index in [0.29, 0.717) is 0 Å². The van der Waals surface area contributed by atoms with E-state index >= 15 is 0 Å². The zero-order valence-electron chi connectivity index (χ0n) is 13.2. The van der Waals surface area contributed by atoms with E-state index < -0.39 is 0 Å². The van der Waals surface area contributed by atoms with Crippen LogP contribution < -0.4 is 0 Å². The molecule has 2 unspecified atom stereocenters. The highest BCUT2D eigenvalue weighted by atomic mass is 16.6. The average molecular weight is 272 g/mol. The fraction of sp³-hybridized carbons (Fsp3) is 0.867. The summed E-state index contributed by atoms with van der Waals surface area (Å²) in [6.45, 7) is 13.4. The Hall–Kier alpha value is -1.06. The first-order chi connectivity index (χ1) is 8.66. The second-order valence-corrected chi connectivity index (χ2v) is 6.06. The van der Waals surface area contributed by atoms with Crippen LogP contribution in [0.4, 0.5) is 0 Å². The Morgan fingerprint density at radius 2 is 1.32 bits per heavy atom. The van der Waals surface area contributed by atoms with Gasteiger partial charge in [-0.3, -0.25) is 9.59 Å². The van der Waals surface area contributed by atoms with Crippen LogP contribution in [-0.2, 0) is 19.1 Å². The van der Waals surface area contributed by atoms with Crippen molar-refractivity contribution in [3.8, 4) is 0 Å². The number of ether oxygens (including phenoxy) is 2. The highest BCUT2D eigenvalue weighted by Gasteiger charge is 2.27. The van der Waals surface area contributed by atoms with E-state index in [4.69, 9.17) is 9.47 Å². The number of rotatable bonds is 7. The molecule has 0 aliphatic rings. The van der Waals surface area contributed by atoms with E-state index in [2.05, 4.69) is 0 Å². The summed E-state index contributed by atoms with van der Waals surface area (Å²) in [6.07, 6.45) is -0.227. The lowest BCUT2D eigenvalue weighted by molar-refractivity contribution is -0.162. The summed E-state index contributed by atoms with van der Waals surface area (Å²) >= 11 is 0. The topological polar surface area (TPSA) is 52.6 Å². The summed E-state index contributed by atoms with van der Waals surface area (Å²) in [6, 6.07) is 0. The van der Waals surface area contributed by atoms with Gasteiger partial charge >= 0.3 is 11.9 Å². The van der Waals surface area contributed by atoms with Crippen LogP contribution in [0.25, 0.3) is 0 Å². The molecule has 0 aromatic heterocycles. The number of hydrogen-bond acceptors (Lipinski definition) is 4. The van der Waals surface area contributed by atoms with Crippen LogP contribution in [0.1, 0.15) is 48.5 Å². The third-order valence-corrected chi connectivity index (χ3v) is 2.90. The minimum atomic E-state index is -0.227. The van der Waals surface area contributed by atoms with Crippen LogP contribution in [0.5, 0.6) is 0 Å². The Balaban J connectivity index is 4.46. The summed E-state index contributed by atoms with van der Waals surface area (Å²) in [5.74, 6) is -0.527. The normalized spacial score (nSPS) is 14.6. The van der Waals surface area contributed by atoms with Crippen molar-refractivity contribution in [3.05, 3.63) is 0 Å². The van der Waals surface area contributed by atoms with Crippen molar-refractivity contribution in [1.29, 1.82) is 0 Å². The van der Waals surface area contributed by atoms with Gasteiger partial charge in [0.2, 0.25) is 0 Å². The number of carbonyl (C=O) groups is 2. The summed E-state index contributed by atoms with van der Waals surface area (Å²) in [5.41, 5.74) is 0. The van der Waals surface area contributed by atoms with E-state index in [1.54, 1.807) is 13.8 Å². The van der Waals surface area contributed by atoms with Gasteiger partial charge in [-0.1, -0.05) is 48.5 Å². The van der Waals surface area contributed by atoms with Crippen LogP contribution in [0.2, 0.25) is 0 Å². The third-order valence-electron chi connectivity index (χ3n) is 2.90. The minimum absolute atomic E-state index is 0.00889. The fourth-order valence-corrected chi connectivity index (χ4v) is 1.65. The van der Waals surface area contributed by atoms with Gasteiger partial charge in [-0.15, -0.1) is 0 Å². The molecule has 0 saturated carbocycles. The van der Waals surface area contributed by atoms with Gasteiger partial charge in [-0.05, 0) is 5.92 Å². The molecule has 2 atom stereocenters. The predicted molar refractivity (Wildman–Crippen MR) is 74.5 cm³/mol. The number of carbonyl (C=O) groups excluding carboxylic acids is 2. The van der Waals surface area contributed by atoms with Gasteiger partial charge in [0.15, 0.2) is 0 Å². The molecule has 19 heavy (non-hydrogen) atoms. The summed E-state index contributed by atoms with van der Waals surface area (Å²) < 4.78 is 10.7. The van der Waals surface area contributed by atoms with Crippen molar-refractivity contribution in [2.75, 3.05) is 6.61 Å². The molecule has 4 nitrogen and oxygen atoms in total. The molecule has 0 bridgehead atoms. The summed E-state index contributed by atoms with van der Waals surface area (Å²) in [4.78, 5) is 23.1. The summed E-state index contributed by atoms with van der Waals surface area (Å²) in [7, 11) is 0. The second kappa shape index (κ2) is 8.18. The average Bonchev–Trinajstić information content (AvgIpc) is 2.31. The zero-order valence-corrected chi connectivity index (χ0v) is 13.2. The SMILES string of the molecule is CC(C)C(=O)OCC(C)C(OC(=O)C(C)C)C(C)C. The Kier molecular flexibility index (Phi) is 7.72. The van der Waals surface area contributed by atoms with Crippen molar-refractivity contribution in [3.63, 3.8) is 0 Å². The number of esters is 2. The predicted octanol–water partition coefficient (Wildman–Crippen LogP) is 3.05. The lowest BCUT2D eigenvalue weighted by Crippen LogP contribution is -2.34. The highest BCUT2D eigenvalue weighted by Crippen LogP contribution is 2.19. The van der Waals surface area contributed by atoms with Crippen molar-refractivity contribution in [2.24, 2.45) is 23.7 Å². The first kappa shape index (κ1) is 17.9. The van der Waals surface area contributed by atoms with Gasteiger partial charge in [0.05, 0.1) is 18.4 Å². The minimum Gasteiger partial charge on any atom is -0.465 e. The van der Waals surface area contributed by atoms with Gasteiger partial charge in [0.25, 0.3) is 0 Å². The highest BCUT2D eigenvalue weighted by molar-refractivity contribution is 5.72. The molecule has 0 N–H and O–H groups in total. The fourth-order valence-electron chi connectivity index (χ4n) is 1.65. The van der Waals surface area contributed by atoms with Crippen LogP contribution in [0.3, 0.4) is 0 Å². The van der Waals surface area contributed by atoms with Crippen LogP contribution >= 0.6 is 0 Å². The maximum Gasteiger partial charge on any atom is 0.308 e. The Morgan fingerprint density at radius 3 is 1.68 bits per heavy atom. The molecule has 0 rings (SSSR count). The molecule has 0 aliphatic heterocycles. The quantitative estimate of drug-likeness (QED) is 0.668. The van der Waals surface area contributed by atoms with Gasteiger partial charge < -0.3 is 9.47 Å². The molecular formula is C15H28O4. The summed E-state index contributed by atoms with van der Waals surface area (Å²) in [5, 5.41) is 0. The molecule has 4 heteroatoms. The molecule has 112 valence electrons. The van der Waals surface area contributed by atoms with Crippen LogP contribution in [0.15, 0.2) is 0 Å². The van der Waals surface area contributed by atoms with E-state index in [-0.39, 0.29) is 48.3 Å². The van der Waals surface area contributed by atoms with E-state index in [1.165, 1.54) is 0 Å². The van der Waals surface area contributed by atoms with Gasteiger partial charge in [-0.2, -0.15) is 0 Å². The molecule has 0 fully saturated rings. The standard InChI is InChI=1S/C15H28O4/c1-9(2)13(19-15(17)11(5)6)12(7)8-18-14(16)10(3)4/h9-13H,8H2,1-7H3. The van der Waals surface area contributed by atoms with Crippen molar-refractivity contribution < 1.29 is 19.1 Å². The van der Waals surface area contributed by atoms with E-state index in [1.807, 2.05) is 34.6 Å². The Labute approximate surface area is 116 Å². The first-order valence-electron chi connectivity index (χ1n) is 7.03. The van der Waals surface area contributed by atoms with Gasteiger partial charge in [-0.25, -0.2) is 0 Å². The van der Waals surface area contributed by atoms with Crippen LogP contribution in [-0.4, -0.2) is 24.6 Å². The Bertz CT molecular complexity index is 295. The zero-order chi connectivity index (χ0) is 15.2. The lowest BCUT2D eigenvalue weighted by atomic mass is 9.95. The first-order valence-corrected chi connectivity index (χ1v) is 7.03. The largest absolute Gasteiger partial charge is 0.465 e. The molecule has 0 saturated heterocycles. The van der Waals surface area contributed by atoms with Gasteiger partial charge in [0.1, 0.15) is 6.10 Å². The molecule has 0 spiro atoms. The maximum atomic E-state index is 11.7. The van der Waals surface area contributed by atoms with Crippen molar-refractivity contribution >= 4 is 11.9 Å². The maximum absolute atomic E-state index is 11.7. The smallest absolute Gasteiger partial charge is 0.308 e. The monoisotopic (exact) mass is 272 g/mol. The Morgan fingerprint density at radius 1 is 0.842 bits per heavy atom. The van der Waals surface area contributed by atoms with E-state index in [9.17, 15) is 9.59 Å². The molecule has 0 aromatic rings. The molecule has 0 radical (unpaired) electrons. The molecule has 0 aliphatic carbocycles.